The fourth-order valence-corrected chi connectivity index (χ4v) is 6.10. The van der Waals surface area contributed by atoms with Gasteiger partial charge in [0.05, 0.1) is 10.9 Å². The van der Waals surface area contributed by atoms with Gasteiger partial charge in [0, 0.05) is 17.8 Å². The van der Waals surface area contributed by atoms with Crippen LogP contribution in [0.2, 0.25) is 0 Å². The lowest BCUT2D eigenvalue weighted by molar-refractivity contribution is 0.101. The molecular formula is C21H19FN4O4S2. The number of Topliss-reactive ketones (excluding diaryl/α,β-unsaturated/α-hetero) is 1. The number of nitrogens with zero attached hydrogens (tertiary/aromatic N) is 3. The van der Waals surface area contributed by atoms with Gasteiger partial charge in [-0.2, -0.15) is 4.31 Å². The maximum absolute atomic E-state index is 13.3. The Morgan fingerprint density at radius 1 is 1.16 bits per heavy atom. The molecule has 11 heteroatoms. The van der Waals surface area contributed by atoms with Crippen LogP contribution in [-0.2, 0) is 10.0 Å². The fraction of sp³-hybridized carbons (Fsp3) is 0.238. The molecule has 0 unspecified atom stereocenters. The van der Waals surface area contributed by atoms with E-state index >= 15 is 0 Å². The van der Waals surface area contributed by atoms with Crippen molar-refractivity contribution in [2.24, 2.45) is 0 Å². The molecule has 1 atom stereocenters. The number of aromatic nitrogens is 2. The standard InChI is InChI=1S/C21H19FN4O4S2/c1-13(27)14-7-9-17(10-8-14)32(29,30)26-11-3-6-18(26)20-24-25-21(31-20)19(28)23-16-5-2-4-15(22)12-16/h2,4-5,7-10,12,18H,3,6,11H2,1H3,(H,23,28)/t18-/m1/s1. The molecule has 2 aromatic carbocycles. The van der Waals surface area contributed by atoms with Crippen LogP contribution in [-0.4, -0.2) is 41.2 Å². The Morgan fingerprint density at radius 2 is 1.91 bits per heavy atom. The second-order valence-electron chi connectivity index (χ2n) is 7.26. The number of ketones is 1. The third-order valence-electron chi connectivity index (χ3n) is 5.07. The lowest BCUT2D eigenvalue weighted by Crippen LogP contribution is -2.30. The van der Waals surface area contributed by atoms with Crippen molar-refractivity contribution in [2.75, 3.05) is 11.9 Å². The quantitative estimate of drug-likeness (QED) is 0.546. The molecule has 1 aromatic heterocycles. The van der Waals surface area contributed by atoms with Gasteiger partial charge in [-0.05, 0) is 50.1 Å². The van der Waals surface area contributed by atoms with Crippen LogP contribution < -0.4 is 5.32 Å². The van der Waals surface area contributed by atoms with Crippen molar-refractivity contribution in [3.8, 4) is 0 Å². The molecule has 0 aliphatic carbocycles. The molecule has 0 saturated carbocycles. The number of rotatable bonds is 6. The first-order valence-corrected chi connectivity index (χ1v) is 12.0. The van der Waals surface area contributed by atoms with Gasteiger partial charge in [-0.1, -0.05) is 29.5 Å². The number of anilines is 1. The van der Waals surface area contributed by atoms with Gasteiger partial charge in [-0.15, -0.1) is 10.2 Å². The lowest BCUT2D eigenvalue weighted by Gasteiger charge is -2.22. The number of halogens is 1. The van der Waals surface area contributed by atoms with Gasteiger partial charge in [-0.25, -0.2) is 12.8 Å². The van der Waals surface area contributed by atoms with Crippen LogP contribution in [0.25, 0.3) is 0 Å². The monoisotopic (exact) mass is 474 g/mol. The maximum atomic E-state index is 13.3. The summed E-state index contributed by atoms with van der Waals surface area (Å²) in [6.45, 7) is 1.73. The van der Waals surface area contributed by atoms with E-state index in [-0.39, 0.29) is 21.4 Å². The van der Waals surface area contributed by atoms with Crippen LogP contribution in [0, 0.1) is 5.82 Å². The van der Waals surface area contributed by atoms with E-state index in [0.29, 0.717) is 30.0 Å². The van der Waals surface area contributed by atoms with Gasteiger partial charge >= 0.3 is 0 Å². The van der Waals surface area contributed by atoms with Crippen LogP contribution in [0.3, 0.4) is 0 Å². The van der Waals surface area contributed by atoms with Crippen LogP contribution in [0.5, 0.6) is 0 Å². The van der Waals surface area contributed by atoms with Gasteiger partial charge in [0.25, 0.3) is 5.91 Å². The zero-order valence-electron chi connectivity index (χ0n) is 17.0. The molecule has 1 aliphatic heterocycles. The average molecular weight is 475 g/mol. The fourth-order valence-electron chi connectivity index (χ4n) is 3.48. The van der Waals surface area contributed by atoms with Crippen molar-refractivity contribution in [3.05, 3.63) is 69.9 Å². The van der Waals surface area contributed by atoms with Crippen molar-refractivity contribution in [1.82, 2.24) is 14.5 Å². The summed E-state index contributed by atoms with van der Waals surface area (Å²) >= 11 is 1.00. The van der Waals surface area contributed by atoms with E-state index in [1.807, 2.05) is 0 Å². The van der Waals surface area contributed by atoms with E-state index in [9.17, 15) is 22.4 Å². The first kappa shape index (κ1) is 22.2. The molecular weight excluding hydrogens is 455 g/mol. The van der Waals surface area contributed by atoms with E-state index < -0.39 is 27.8 Å². The Kier molecular flexibility index (Phi) is 6.13. The maximum Gasteiger partial charge on any atom is 0.286 e. The Balaban J connectivity index is 1.54. The van der Waals surface area contributed by atoms with Gasteiger partial charge in [0.15, 0.2) is 5.78 Å². The van der Waals surface area contributed by atoms with Crippen LogP contribution in [0.15, 0.2) is 53.4 Å². The zero-order chi connectivity index (χ0) is 22.9. The predicted molar refractivity (Wildman–Crippen MR) is 117 cm³/mol. The molecule has 0 bridgehead atoms. The van der Waals surface area contributed by atoms with Crippen LogP contribution >= 0.6 is 11.3 Å². The summed E-state index contributed by atoms with van der Waals surface area (Å²) in [6.07, 6.45) is 1.19. The SMILES string of the molecule is CC(=O)c1ccc(S(=O)(=O)N2CCC[C@@H]2c2nnc(C(=O)Nc3cccc(F)c3)s2)cc1. The highest BCUT2D eigenvalue weighted by atomic mass is 32.2. The van der Waals surface area contributed by atoms with E-state index in [2.05, 4.69) is 15.5 Å². The molecule has 0 radical (unpaired) electrons. The summed E-state index contributed by atoms with van der Waals surface area (Å²) in [5, 5.41) is 11.0. The van der Waals surface area contributed by atoms with Crippen molar-refractivity contribution in [1.29, 1.82) is 0 Å². The predicted octanol–water partition coefficient (Wildman–Crippen LogP) is 3.66. The van der Waals surface area contributed by atoms with E-state index in [1.54, 1.807) is 6.07 Å². The molecule has 1 N–H and O–H groups in total. The molecule has 2 heterocycles. The van der Waals surface area contributed by atoms with Crippen molar-refractivity contribution in [3.63, 3.8) is 0 Å². The Morgan fingerprint density at radius 3 is 2.59 bits per heavy atom. The first-order chi connectivity index (χ1) is 15.3. The summed E-state index contributed by atoms with van der Waals surface area (Å²) in [5.41, 5.74) is 0.714. The second kappa shape index (κ2) is 8.85. The van der Waals surface area contributed by atoms with E-state index in [0.717, 1.165) is 11.3 Å². The number of hydrogen-bond donors (Lipinski definition) is 1. The number of amides is 1. The largest absolute Gasteiger partial charge is 0.320 e. The summed E-state index contributed by atoms with van der Waals surface area (Å²) in [6, 6.07) is 10.7. The first-order valence-electron chi connectivity index (χ1n) is 9.79. The van der Waals surface area contributed by atoms with Crippen molar-refractivity contribution >= 4 is 38.7 Å². The van der Waals surface area contributed by atoms with Gasteiger partial charge in [0.1, 0.15) is 10.8 Å². The van der Waals surface area contributed by atoms with Gasteiger partial charge in [0.2, 0.25) is 15.0 Å². The van der Waals surface area contributed by atoms with E-state index in [4.69, 9.17) is 0 Å². The minimum absolute atomic E-state index is 0.0549. The number of nitrogens with one attached hydrogen (secondary N) is 1. The van der Waals surface area contributed by atoms with Crippen LogP contribution in [0.4, 0.5) is 10.1 Å². The molecule has 32 heavy (non-hydrogen) atoms. The molecule has 1 fully saturated rings. The highest BCUT2D eigenvalue weighted by Gasteiger charge is 2.38. The van der Waals surface area contributed by atoms with E-state index in [1.165, 1.54) is 53.7 Å². The zero-order valence-corrected chi connectivity index (χ0v) is 18.6. The highest BCUT2D eigenvalue weighted by molar-refractivity contribution is 7.89. The number of carbonyl (C=O) groups excluding carboxylic acids is 2. The molecule has 0 spiro atoms. The molecule has 166 valence electrons. The number of hydrogen-bond acceptors (Lipinski definition) is 7. The molecule has 3 aromatic rings. The van der Waals surface area contributed by atoms with Crippen molar-refractivity contribution < 1.29 is 22.4 Å². The molecule has 1 amide bonds. The van der Waals surface area contributed by atoms with Crippen LogP contribution in [0.1, 0.15) is 51.0 Å². The highest BCUT2D eigenvalue weighted by Crippen LogP contribution is 2.37. The summed E-state index contributed by atoms with van der Waals surface area (Å²) in [7, 11) is -3.82. The van der Waals surface area contributed by atoms with Crippen molar-refractivity contribution in [2.45, 2.75) is 30.7 Å². The summed E-state index contributed by atoms with van der Waals surface area (Å²) < 4.78 is 41.1. The molecule has 8 nitrogen and oxygen atoms in total. The third-order valence-corrected chi connectivity index (χ3v) is 8.02. The summed E-state index contributed by atoms with van der Waals surface area (Å²) in [4.78, 5) is 24.0. The Bertz CT molecular complexity index is 1270. The Hall–Kier alpha value is -3.02. The number of carbonyl (C=O) groups is 2. The molecule has 4 rings (SSSR count). The minimum atomic E-state index is -3.82. The second-order valence-corrected chi connectivity index (χ2v) is 10.2. The Labute approximate surface area is 188 Å². The topological polar surface area (TPSA) is 109 Å². The summed E-state index contributed by atoms with van der Waals surface area (Å²) in [5.74, 6) is -1.18. The van der Waals surface area contributed by atoms with Gasteiger partial charge < -0.3 is 5.32 Å². The smallest absolute Gasteiger partial charge is 0.286 e. The number of benzene rings is 2. The lowest BCUT2D eigenvalue weighted by atomic mass is 10.2. The molecule has 1 aliphatic rings. The average Bonchev–Trinajstić information content (AvgIpc) is 3.43. The normalized spacial score (nSPS) is 16.8. The molecule has 1 saturated heterocycles. The number of sulfonamides is 1. The third kappa shape index (κ3) is 4.45. The van der Waals surface area contributed by atoms with Gasteiger partial charge in [-0.3, -0.25) is 9.59 Å². The minimum Gasteiger partial charge on any atom is -0.320 e.